The van der Waals surface area contributed by atoms with Crippen molar-refractivity contribution in [3.63, 3.8) is 0 Å². The first kappa shape index (κ1) is 14.7. The Hall–Kier alpha value is -1.22. The lowest BCUT2D eigenvalue weighted by Gasteiger charge is -2.02. The Kier molecular flexibility index (Phi) is 4.12. The fourth-order valence-electron chi connectivity index (χ4n) is 1.93. The van der Waals surface area contributed by atoms with Crippen LogP contribution in [0.1, 0.15) is 5.69 Å². The van der Waals surface area contributed by atoms with E-state index in [4.69, 9.17) is 0 Å². The third-order valence-electron chi connectivity index (χ3n) is 2.90. The highest BCUT2D eigenvalue weighted by atomic mass is 79.9. The van der Waals surface area contributed by atoms with E-state index in [0.29, 0.717) is 17.2 Å². The maximum absolute atomic E-state index is 12.1. The van der Waals surface area contributed by atoms with Crippen molar-refractivity contribution in [3.05, 3.63) is 52.2 Å². The van der Waals surface area contributed by atoms with Gasteiger partial charge in [0.05, 0.1) is 9.48 Å². The first-order chi connectivity index (χ1) is 10.0. The van der Waals surface area contributed by atoms with Gasteiger partial charge in [0, 0.05) is 25.4 Å². The van der Waals surface area contributed by atoms with Gasteiger partial charge in [0.1, 0.15) is 9.86 Å². The van der Waals surface area contributed by atoms with Crippen molar-refractivity contribution in [2.24, 2.45) is 0 Å². The molecule has 0 spiro atoms. The molecule has 0 bridgehead atoms. The number of halogens is 1. The second-order valence-corrected chi connectivity index (χ2v) is 8.86. The zero-order chi connectivity index (χ0) is 14.9. The van der Waals surface area contributed by atoms with Crippen LogP contribution >= 0.6 is 27.3 Å². The summed E-state index contributed by atoms with van der Waals surface area (Å²) in [7, 11) is -3.44. The van der Waals surface area contributed by atoms with Crippen molar-refractivity contribution in [1.82, 2.24) is 14.1 Å². The van der Waals surface area contributed by atoms with Gasteiger partial charge >= 0.3 is 0 Å². The standard InChI is InChI=1S/C13H12BrN3O2S2/c14-11-4-5-13(20-11)21(18,19)15-7-6-10-9-17-8-2-1-3-12(17)16-10/h1-5,8-9,15H,6-7H2. The first-order valence-corrected chi connectivity index (χ1v) is 9.31. The number of aromatic nitrogens is 2. The summed E-state index contributed by atoms with van der Waals surface area (Å²) < 4.78 is 29.7. The van der Waals surface area contributed by atoms with Gasteiger partial charge in [-0.05, 0) is 40.2 Å². The third-order valence-corrected chi connectivity index (χ3v) is 6.48. The molecule has 5 nitrogen and oxygen atoms in total. The molecular formula is C13H12BrN3O2S2. The molecule has 0 saturated heterocycles. The Labute approximate surface area is 134 Å². The van der Waals surface area contributed by atoms with Gasteiger partial charge < -0.3 is 4.40 Å². The number of nitrogens with one attached hydrogen (secondary N) is 1. The van der Waals surface area contributed by atoms with E-state index in [1.165, 1.54) is 11.3 Å². The smallest absolute Gasteiger partial charge is 0.250 e. The number of rotatable bonds is 5. The fraction of sp³-hybridized carbons (Fsp3) is 0.154. The lowest BCUT2D eigenvalue weighted by atomic mass is 10.3. The van der Waals surface area contributed by atoms with Crippen LogP contribution in [0.3, 0.4) is 0 Å². The van der Waals surface area contributed by atoms with Crippen LogP contribution in [-0.4, -0.2) is 24.3 Å². The quantitative estimate of drug-likeness (QED) is 0.734. The van der Waals surface area contributed by atoms with Crippen LogP contribution in [0.25, 0.3) is 5.65 Å². The number of hydrogen-bond donors (Lipinski definition) is 1. The number of imidazole rings is 1. The third kappa shape index (κ3) is 3.34. The van der Waals surface area contributed by atoms with E-state index in [-0.39, 0.29) is 0 Å². The lowest BCUT2D eigenvalue weighted by Crippen LogP contribution is -2.25. The van der Waals surface area contributed by atoms with Crippen molar-refractivity contribution >= 4 is 42.9 Å². The van der Waals surface area contributed by atoms with E-state index in [1.807, 2.05) is 35.0 Å². The summed E-state index contributed by atoms with van der Waals surface area (Å²) in [4.78, 5) is 4.43. The molecule has 110 valence electrons. The minimum atomic E-state index is -3.44. The molecule has 8 heteroatoms. The molecule has 0 radical (unpaired) electrons. The van der Waals surface area contributed by atoms with Gasteiger partial charge in [-0.2, -0.15) is 0 Å². The number of sulfonamides is 1. The van der Waals surface area contributed by atoms with Crippen LogP contribution in [0.2, 0.25) is 0 Å². The zero-order valence-electron chi connectivity index (χ0n) is 10.9. The average Bonchev–Trinajstić information content (AvgIpc) is 3.04. The van der Waals surface area contributed by atoms with Crippen LogP contribution in [0.4, 0.5) is 0 Å². The largest absolute Gasteiger partial charge is 0.307 e. The molecule has 3 rings (SSSR count). The van der Waals surface area contributed by atoms with E-state index in [1.54, 1.807) is 12.1 Å². The SMILES string of the molecule is O=S(=O)(NCCc1cn2ccccc2n1)c1ccc(Br)s1. The van der Waals surface area contributed by atoms with Gasteiger partial charge in [0.25, 0.3) is 0 Å². The highest BCUT2D eigenvalue weighted by molar-refractivity contribution is 9.11. The van der Waals surface area contributed by atoms with Crippen molar-refractivity contribution in [1.29, 1.82) is 0 Å². The number of fused-ring (bicyclic) bond motifs is 1. The molecule has 0 unspecified atom stereocenters. The summed E-state index contributed by atoms with van der Waals surface area (Å²) >= 11 is 4.45. The van der Waals surface area contributed by atoms with Crippen LogP contribution in [-0.2, 0) is 16.4 Å². The predicted octanol–water partition coefficient (Wildman–Crippen LogP) is 2.68. The maximum atomic E-state index is 12.1. The molecule has 21 heavy (non-hydrogen) atoms. The van der Waals surface area contributed by atoms with Gasteiger partial charge in [0.15, 0.2) is 0 Å². The average molecular weight is 386 g/mol. The molecule has 0 aromatic carbocycles. The fourth-order valence-corrected chi connectivity index (χ4v) is 5.02. The Morgan fingerprint density at radius 3 is 2.86 bits per heavy atom. The van der Waals surface area contributed by atoms with E-state index >= 15 is 0 Å². The number of hydrogen-bond acceptors (Lipinski definition) is 4. The maximum Gasteiger partial charge on any atom is 0.250 e. The minimum Gasteiger partial charge on any atom is -0.307 e. The highest BCUT2D eigenvalue weighted by Crippen LogP contribution is 2.25. The van der Waals surface area contributed by atoms with Gasteiger partial charge in [-0.3, -0.25) is 0 Å². The number of thiophene rings is 1. The number of pyridine rings is 1. The van der Waals surface area contributed by atoms with Crippen molar-refractivity contribution in [3.8, 4) is 0 Å². The van der Waals surface area contributed by atoms with Crippen LogP contribution in [0, 0.1) is 0 Å². The summed E-state index contributed by atoms with van der Waals surface area (Å²) in [5.41, 5.74) is 1.72. The summed E-state index contributed by atoms with van der Waals surface area (Å²) in [6, 6.07) is 9.07. The zero-order valence-corrected chi connectivity index (χ0v) is 14.1. The van der Waals surface area contributed by atoms with Crippen molar-refractivity contribution < 1.29 is 8.42 Å². The molecule has 0 aliphatic heterocycles. The lowest BCUT2D eigenvalue weighted by molar-refractivity contribution is 0.583. The summed E-state index contributed by atoms with van der Waals surface area (Å²) in [5, 5.41) is 0. The van der Waals surface area contributed by atoms with Gasteiger partial charge in [0.2, 0.25) is 10.0 Å². The van der Waals surface area contributed by atoms with Gasteiger partial charge in [-0.25, -0.2) is 18.1 Å². The molecule has 3 heterocycles. The Bertz CT molecular complexity index is 837. The predicted molar refractivity (Wildman–Crippen MR) is 86.1 cm³/mol. The molecule has 0 atom stereocenters. The molecule has 3 aromatic rings. The molecule has 0 saturated carbocycles. The Balaban J connectivity index is 1.65. The van der Waals surface area contributed by atoms with Crippen LogP contribution < -0.4 is 4.72 Å². The topological polar surface area (TPSA) is 63.5 Å². The molecule has 0 fully saturated rings. The van der Waals surface area contributed by atoms with E-state index in [2.05, 4.69) is 25.6 Å². The van der Waals surface area contributed by atoms with Crippen LogP contribution in [0.5, 0.6) is 0 Å². The first-order valence-electron chi connectivity index (χ1n) is 6.22. The molecular weight excluding hydrogens is 374 g/mol. The second kappa shape index (κ2) is 5.88. The van der Waals surface area contributed by atoms with E-state index < -0.39 is 10.0 Å². The second-order valence-electron chi connectivity index (χ2n) is 4.40. The van der Waals surface area contributed by atoms with Gasteiger partial charge in [-0.15, -0.1) is 11.3 Å². The van der Waals surface area contributed by atoms with Crippen molar-refractivity contribution in [2.75, 3.05) is 6.54 Å². The highest BCUT2D eigenvalue weighted by Gasteiger charge is 2.15. The molecule has 0 aliphatic carbocycles. The molecule has 0 amide bonds. The van der Waals surface area contributed by atoms with Crippen LogP contribution in [0.15, 0.2) is 50.7 Å². The van der Waals surface area contributed by atoms with E-state index in [0.717, 1.165) is 15.1 Å². The monoisotopic (exact) mass is 385 g/mol. The summed E-state index contributed by atoms with van der Waals surface area (Å²) in [5.74, 6) is 0. The summed E-state index contributed by atoms with van der Waals surface area (Å²) in [6.07, 6.45) is 4.37. The number of nitrogens with zero attached hydrogens (tertiary/aromatic N) is 2. The normalized spacial score (nSPS) is 12.0. The molecule has 0 aliphatic rings. The van der Waals surface area contributed by atoms with Gasteiger partial charge in [-0.1, -0.05) is 6.07 Å². The molecule has 1 N–H and O–H groups in total. The van der Waals surface area contributed by atoms with Crippen molar-refractivity contribution in [2.45, 2.75) is 10.6 Å². The molecule has 3 aromatic heterocycles. The summed E-state index contributed by atoms with van der Waals surface area (Å²) in [6.45, 7) is 0.321. The van der Waals surface area contributed by atoms with E-state index in [9.17, 15) is 8.42 Å². The Morgan fingerprint density at radius 1 is 1.29 bits per heavy atom. The minimum absolute atomic E-state index is 0.310. The Morgan fingerprint density at radius 2 is 2.14 bits per heavy atom.